The summed E-state index contributed by atoms with van der Waals surface area (Å²) in [6.45, 7) is 1.03. The fraction of sp³-hybridized carbons (Fsp3) is 0.160. The fourth-order valence-corrected chi connectivity index (χ4v) is 4.93. The predicted octanol–water partition coefficient (Wildman–Crippen LogP) is 4.46. The van der Waals surface area contributed by atoms with Crippen LogP contribution in [-0.4, -0.2) is 26.6 Å². The van der Waals surface area contributed by atoms with Gasteiger partial charge < -0.3 is 9.47 Å². The van der Waals surface area contributed by atoms with E-state index in [-0.39, 0.29) is 4.90 Å². The topological polar surface area (TPSA) is 77.5 Å². The van der Waals surface area contributed by atoms with Gasteiger partial charge in [-0.3, -0.25) is 4.98 Å². The van der Waals surface area contributed by atoms with Gasteiger partial charge in [0.25, 0.3) is 0 Å². The van der Waals surface area contributed by atoms with Crippen molar-refractivity contribution in [2.75, 3.05) is 13.2 Å². The number of hydrogen-bond acceptors (Lipinski definition) is 5. The van der Waals surface area contributed by atoms with Crippen molar-refractivity contribution < 1.29 is 17.9 Å². The molecular formula is C25H22N2O4S. The van der Waals surface area contributed by atoms with Gasteiger partial charge >= 0.3 is 0 Å². The quantitative estimate of drug-likeness (QED) is 0.490. The van der Waals surface area contributed by atoms with Gasteiger partial charge in [-0.2, -0.15) is 4.72 Å². The Balaban J connectivity index is 1.54. The minimum atomic E-state index is -3.88. The summed E-state index contributed by atoms with van der Waals surface area (Å²) in [6.07, 6.45) is 0.749. The zero-order valence-electron chi connectivity index (χ0n) is 17.3. The second kappa shape index (κ2) is 8.61. The van der Waals surface area contributed by atoms with Gasteiger partial charge in [0.15, 0.2) is 11.5 Å². The van der Waals surface area contributed by atoms with Crippen LogP contribution in [0.3, 0.4) is 0 Å². The number of nitrogens with one attached hydrogen (secondary N) is 1. The summed E-state index contributed by atoms with van der Waals surface area (Å²) in [5.41, 5.74) is 2.22. The van der Waals surface area contributed by atoms with Crippen LogP contribution < -0.4 is 14.2 Å². The van der Waals surface area contributed by atoms with Gasteiger partial charge in [0.1, 0.15) is 0 Å². The van der Waals surface area contributed by atoms with Crippen molar-refractivity contribution in [2.45, 2.75) is 17.4 Å². The molecule has 5 rings (SSSR count). The summed E-state index contributed by atoms with van der Waals surface area (Å²) >= 11 is 0. The molecule has 0 amide bonds. The summed E-state index contributed by atoms with van der Waals surface area (Å²) in [7, 11) is -3.88. The lowest BCUT2D eigenvalue weighted by Crippen LogP contribution is -2.30. The van der Waals surface area contributed by atoms with Crippen molar-refractivity contribution in [3.05, 3.63) is 96.2 Å². The molecule has 0 spiro atoms. The number of nitrogens with zero attached hydrogens (tertiary/aromatic N) is 1. The molecule has 2 heterocycles. The molecule has 6 nitrogen and oxygen atoms in total. The van der Waals surface area contributed by atoms with Crippen LogP contribution in [0.1, 0.15) is 23.7 Å². The predicted molar refractivity (Wildman–Crippen MR) is 122 cm³/mol. The van der Waals surface area contributed by atoms with E-state index < -0.39 is 16.1 Å². The molecule has 1 aliphatic heterocycles. The standard InChI is InChI=1S/C25H22N2O4S/c28-32(29,20-12-14-23-24(17-20)31-16-6-15-30-23)27-25(19-8-2-1-3-9-19)22-13-11-18-7-4-5-10-21(18)26-22/h1-5,7-14,17,25,27H,6,15-16H2. The van der Waals surface area contributed by atoms with Gasteiger partial charge in [-0.1, -0.05) is 54.6 Å². The number of hydrogen-bond donors (Lipinski definition) is 1. The molecule has 1 aliphatic rings. The lowest BCUT2D eigenvalue weighted by Gasteiger charge is -2.20. The van der Waals surface area contributed by atoms with Crippen molar-refractivity contribution in [3.8, 4) is 11.5 Å². The normalized spacial score (nSPS) is 14.6. The van der Waals surface area contributed by atoms with Crippen molar-refractivity contribution in [3.63, 3.8) is 0 Å². The summed E-state index contributed by atoms with van der Waals surface area (Å²) < 4.78 is 40.9. The van der Waals surface area contributed by atoms with Gasteiger partial charge in [-0.05, 0) is 29.8 Å². The second-order valence-electron chi connectivity index (χ2n) is 7.55. The lowest BCUT2D eigenvalue weighted by atomic mass is 10.0. The maximum absolute atomic E-state index is 13.4. The zero-order valence-corrected chi connectivity index (χ0v) is 18.1. The van der Waals surface area contributed by atoms with E-state index in [1.807, 2.05) is 66.7 Å². The number of para-hydroxylation sites is 1. The average molecular weight is 447 g/mol. The second-order valence-corrected chi connectivity index (χ2v) is 9.27. The van der Waals surface area contributed by atoms with Crippen molar-refractivity contribution in [1.29, 1.82) is 0 Å². The van der Waals surface area contributed by atoms with E-state index in [9.17, 15) is 8.42 Å². The van der Waals surface area contributed by atoms with Crippen LogP contribution in [0.5, 0.6) is 11.5 Å². The number of benzene rings is 3. The maximum Gasteiger partial charge on any atom is 0.241 e. The Hall–Kier alpha value is -3.42. The number of sulfonamides is 1. The fourth-order valence-electron chi connectivity index (χ4n) is 3.72. The molecule has 4 aromatic rings. The van der Waals surface area contributed by atoms with E-state index in [1.54, 1.807) is 6.07 Å². The van der Waals surface area contributed by atoms with E-state index in [2.05, 4.69) is 4.72 Å². The van der Waals surface area contributed by atoms with Crippen LogP contribution in [0, 0.1) is 0 Å². The molecule has 3 aromatic carbocycles. The number of ether oxygens (including phenoxy) is 2. The Morgan fingerprint density at radius 3 is 2.41 bits per heavy atom. The molecule has 0 fully saturated rings. The highest BCUT2D eigenvalue weighted by Crippen LogP contribution is 2.33. The number of fused-ring (bicyclic) bond motifs is 2. The summed E-state index contributed by atoms with van der Waals surface area (Å²) in [4.78, 5) is 4.86. The molecule has 0 bridgehead atoms. The van der Waals surface area contributed by atoms with Crippen LogP contribution in [0.2, 0.25) is 0 Å². The Kier molecular flexibility index (Phi) is 5.51. The molecular weight excluding hydrogens is 424 g/mol. The molecule has 1 unspecified atom stereocenters. The molecule has 1 aromatic heterocycles. The summed E-state index contributed by atoms with van der Waals surface area (Å²) in [5.74, 6) is 0.989. The van der Waals surface area contributed by atoms with E-state index in [1.165, 1.54) is 12.1 Å². The first-order valence-electron chi connectivity index (χ1n) is 10.4. The van der Waals surface area contributed by atoms with Crippen molar-refractivity contribution in [2.24, 2.45) is 0 Å². The van der Waals surface area contributed by atoms with Crippen LogP contribution in [-0.2, 0) is 10.0 Å². The largest absolute Gasteiger partial charge is 0.490 e. The van der Waals surface area contributed by atoms with Gasteiger partial charge in [0.2, 0.25) is 10.0 Å². The van der Waals surface area contributed by atoms with E-state index >= 15 is 0 Å². The number of rotatable bonds is 5. The van der Waals surface area contributed by atoms with Gasteiger partial charge in [-0.25, -0.2) is 8.42 Å². The Morgan fingerprint density at radius 2 is 1.56 bits per heavy atom. The monoisotopic (exact) mass is 446 g/mol. The summed E-state index contributed by atoms with van der Waals surface area (Å²) in [5, 5.41) is 0.994. The third-order valence-corrected chi connectivity index (χ3v) is 6.77. The van der Waals surface area contributed by atoms with Crippen LogP contribution in [0.4, 0.5) is 0 Å². The average Bonchev–Trinajstić information content (AvgIpc) is 3.08. The SMILES string of the molecule is O=S(=O)(NC(c1ccccc1)c1ccc2ccccc2n1)c1ccc2c(c1)OCCCO2. The third-order valence-electron chi connectivity index (χ3n) is 5.35. The summed E-state index contributed by atoms with van der Waals surface area (Å²) in [6, 6.07) is 25.0. The first-order valence-corrected chi connectivity index (χ1v) is 11.9. The third kappa shape index (κ3) is 4.17. The zero-order chi connectivity index (χ0) is 22.0. The van der Waals surface area contributed by atoms with Crippen molar-refractivity contribution in [1.82, 2.24) is 9.71 Å². The molecule has 162 valence electrons. The highest BCUT2D eigenvalue weighted by Gasteiger charge is 2.25. The van der Waals surface area contributed by atoms with Crippen molar-refractivity contribution >= 4 is 20.9 Å². The van der Waals surface area contributed by atoms with Crippen LogP contribution in [0.25, 0.3) is 10.9 Å². The molecule has 0 aliphatic carbocycles. The Labute approximate surface area is 186 Å². The van der Waals surface area contributed by atoms with E-state index in [0.717, 1.165) is 22.9 Å². The molecule has 1 N–H and O–H groups in total. The first-order chi connectivity index (χ1) is 15.6. The number of pyridine rings is 1. The smallest absolute Gasteiger partial charge is 0.241 e. The molecule has 0 saturated heterocycles. The minimum Gasteiger partial charge on any atom is -0.490 e. The Bertz CT molecular complexity index is 1360. The molecule has 32 heavy (non-hydrogen) atoms. The van der Waals surface area contributed by atoms with E-state index in [0.29, 0.717) is 30.4 Å². The minimum absolute atomic E-state index is 0.114. The highest BCUT2D eigenvalue weighted by molar-refractivity contribution is 7.89. The van der Waals surface area contributed by atoms with Gasteiger partial charge in [0.05, 0.1) is 35.4 Å². The molecule has 0 saturated carbocycles. The maximum atomic E-state index is 13.4. The molecule has 0 radical (unpaired) electrons. The van der Waals surface area contributed by atoms with Gasteiger partial charge in [-0.15, -0.1) is 0 Å². The highest BCUT2D eigenvalue weighted by atomic mass is 32.2. The van der Waals surface area contributed by atoms with Crippen LogP contribution >= 0.6 is 0 Å². The molecule has 7 heteroatoms. The Morgan fingerprint density at radius 1 is 0.812 bits per heavy atom. The first kappa shape index (κ1) is 20.5. The lowest BCUT2D eigenvalue weighted by molar-refractivity contribution is 0.297. The number of aromatic nitrogens is 1. The van der Waals surface area contributed by atoms with Gasteiger partial charge in [0, 0.05) is 17.9 Å². The molecule has 1 atom stereocenters. The van der Waals surface area contributed by atoms with Crippen LogP contribution in [0.15, 0.2) is 89.8 Å². The van der Waals surface area contributed by atoms with E-state index in [4.69, 9.17) is 14.5 Å².